The standard InChI is InChI=1S/C22H22N4O/c23-22-19(7-4-12-27-15-16-5-2-1-3-6-16)13-17-8-9-18(14-21(17)25-22)20-10-11-24-26-20/h1-3,5-6,8-11,13-14H,4,7,12,15H2,(H2,23,25)(H,24,26). The molecular weight excluding hydrogens is 336 g/mol. The fourth-order valence-electron chi connectivity index (χ4n) is 3.14. The Morgan fingerprint density at radius 2 is 1.89 bits per heavy atom. The van der Waals surface area contributed by atoms with E-state index in [0.29, 0.717) is 19.0 Å². The van der Waals surface area contributed by atoms with Crippen LogP contribution in [0.4, 0.5) is 5.82 Å². The van der Waals surface area contributed by atoms with Gasteiger partial charge < -0.3 is 10.5 Å². The number of nitrogens with two attached hydrogens (primary N) is 1. The topological polar surface area (TPSA) is 76.8 Å². The van der Waals surface area contributed by atoms with Crippen LogP contribution in [0.5, 0.6) is 0 Å². The third-order valence-corrected chi connectivity index (χ3v) is 4.57. The number of rotatable bonds is 7. The fraction of sp³-hybridized carbons (Fsp3) is 0.182. The molecule has 2 aromatic carbocycles. The van der Waals surface area contributed by atoms with Gasteiger partial charge in [-0.3, -0.25) is 5.10 Å². The molecule has 0 aliphatic carbocycles. The second-order valence-corrected chi connectivity index (χ2v) is 6.54. The number of H-pyrrole nitrogens is 1. The molecule has 0 saturated heterocycles. The number of aromatic amines is 1. The number of anilines is 1. The van der Waals surface area contributed by atoms with E-state index in [-0.39, 0.29) is 0 Å². The SMILES string of the molecule is Nc1nc2cc(-c3cc[nH]n3)ccc2cc1CCCOCc1ccccc1. The smallest absolute Gasteiger partial charge is 0.127 e. The number of hydrogen-bond acceptors (Lipinski definition) is 4. The molecule has 5 heteroatoms. The number of aryl methyl sites for hydroxylation is 1. The summed E-state index contributed by atoms with van der Waals surface area (Å²) in [4.78, 5) is 4.59. The predicted octanol–water partition coefficient (Wildman–Crippen LogP) is 4.36. The molecule has 136 valence electrons. The van der Waals surface area contributed by atoms with E-state index in [4.69, 9.17) is 10.5 Å². The van der Waals surface area contributed by atoms with Crippen molar-refractivity contribution in [3.05, 3.63) is 78.0 Å². The van der Waals surface area contributed by atoms with Crippen LogP contribution in [0.1, 0.15) is 17.5 Å². The number of fused-ring (bicyclic) bond motifs is 1. The van der Waals surface area contributed by atoms with Gasteiger partial charge in [-0.05, 0) is 42.2 Å². The van der Waals surface area contributed by atoms with Gasteiger partial charge in [0.2, 0.25) is 0 Å². The van der Waals surface area contributed by atoms with Crippen LogP contribution < -0.4 is 5.73 Å². The first kappa shape index (κ1) is 17.2. The lowest BCUT2D eigenvalue weighted by molar-refractivity contribution is 0.119. The molecule has 0 saturated carbocycles. The van der Waals surface area contributed by atoms with Gasteiger partial charge in [0.1, 0.15) is 5.82 Å². The van der Waals surface area contributed by atoms with Crippen molar-refractivity contribution in [2.24, 2.45) is 0 Å². The molecule has 0 atom stereocenters. The molecule has 27 heavy (non-hydrogen) atoms. The third-order valence-electron chi connectivity index (χ3n) is 4.57. The second-order valence-electron chi connectivity index (χ2n) is 6.54. The lowest BCUT2D eigenvalue weighted by atomic mass is 10.0. The molecule has 4 aromatic rings. The number of benzene rings is 2. The normalized spacial score (nSPS) is 11.1. The average Bonchev–Trinajstić information content (AvgIpc) is 3.23. The second kappa shape index (κ2) is 8.01. The van der Waals surface area contributed by atoms with Crippen LogP contribution in [0.25, 0.3) is 22.2 Å². The van der Waals surface area contributed by atoms with E-state index in [2.05, 4.69) is 45.5 Å². The Morgan fingerprint density at radius 3 is 2.70 bits per heavy atom. The molecule has 3 N–H and O–H groups in total. The summed E-state index contributed by atoms with van der Waals surface area (Å²) in [6.45, 7) is 1.34. The van der Waals surface area contributed by atoms with Crippen LogP contribution in [0.15, 0.2) is 66.9 Å². The van der Waals surface area contributed by atoms with Crippen LogP contribution in [0.2, 0.25) is 0 Å². The van der Waals surface area contributed by atoms with Gasteiger partial charge in [-0.15, -0.1) is 0 Å². The first-order valence-corrected chi connectivity index (χ1v) is 9.10. The van der Waals surface area contributed by atoms with Crippen LogP contribution in [-0.4, -0.2) is 21.8 Å². The number of nitrogens with zero attached hydrogens (tertiary/aromatic N) is 2. The largest absolute Gasteiger partial charge is 0.383 e. The molecule has 0 amide bonds. The zero-order valence-corrected chi connectivity index (χ0v) is 15.1. The minimum atomic E-state index is 0.588. The number of nitrogens with one attached hydrogen (secondary N) is 1. The molecule has 4 rings (SSSR count). The minimum absolute atomic E-state index is 0.588. The Labute approximate surface area is 158 Å². The first-order valence-electron chi connectivity index (χ1n) is 9.10. The number of pyridine rings is 1. The molecule has 0 bridgehead atoms. The highest BCUT2D eigenvalue weighted by Gasteiger charge is 2.07. The zero-order valence-electron chi connectivity index (χ0n) is 15.1. The van der Waals surface area contributed by atoms with Crippen LogP contribution in [0, 0.1) is 0 Å². The van der Waals surface area contributed by atoms with Gasteiger partial charge in [-0.25, -0.2) is 4.98 Å². The van der Waals surface area contributed by atoms with E-state index >= 15 is 0 Å². The van der Waals surface area contributed by atoms with Crippen molar-refractivity contribution < 1.29 is 4.74 Å². The van der Waals surface area contributed by atoms with Gasteiger partial charge in [0.15, 0.2) is 0 Å². The van der Waals surface area contributed by atoms with E-state index in [1.54, 1.807) is 0 Å². The van der Waals surface area contributed by atoms with Crippen LogP contribution >= 0.6 is 0 Å². The molecule has 0 aliphatic rings. The Hall–Kier alpha value is -3.18. The summed E-state index contributed by atoms with van der Waals surface area (Å²) in [5.41, 5.74) is 11.3. The van der Waals surface area contributed by atoms with E-state index in [1.807, 2.05) is 36.5 Å². The van der Waals surface area contributed by atoms with Gasteiger partial charge in [0, 0.05) is 23.8 Å². The van der Waals surface area contributed by atoms with E-state index in [1.165, 1.54) is 5.56 Å². The molecule has 0 radical (unpaired) electrons. The predicted molar refractivity (Wildman–Crippen MR) is 108 cm³/mol. The maximum absolute atomic E-state index is 6.19. The molecule has 0 unspecified atom stereocenters. The van der Waals surface area contributed by atoms with Gasteiger partial charge in [-0.2, -0.15) is 5.10 Å². The summed E-state index contributed by atoms with van der Waals surface area (Å²) in [5.74, 6) is 0.588. The van der Waals surface area contributed by atoms with E-state index in [9.17, 15) is 0 Å². The summed E-state index contributed by atoms with van der Waals surface area (Å²) in [7, 11) is 0. The van der Waals surface area contributed by atoms with Crippen molar-refractivity contribution in [3.8, 4) is 11.3 Å². The fourth-order valence-corrected chi connectivity index (χ4v) is 3.14. The molecule has 0 fully saturated rings. The van der Waals surface area contributed by atoms with Gasteiger partial charge >= 0.3 is 0 Å². The number of nitrogen functional groups attached to an aromatic ring is 1. The van der Waals surface area contributed by atoms with Crippen LogP contribution in [0.3, 0.4) is 0 Å². The van der Waals surface area contributed by atoms with Gasteiger partial charge in [0.25, 0.3) is 0 Å². The maximum Gasteiger partial charge on any atom is 0.127 e. The number of aromatic nitrogens is 3. The van der Waals surface area contributed by atoms with E-state index < -0.39 is 0 Å². The Balaban J connectivity index is 1.38. The van der Waals surface area contributed by atoms with E-state index in [0.717, 1.165) is 40.6 Å². The van der Waals surface area contributed by atoms with Crippen LogP contribution in [-0.2, 0) is 17.8 Å². The first-order chi connectivity index (χ1) is 13.3. The Kier molecular flexibility index (Phi) is 5.12. The Morgan fingerprint density at radius 1 is 1.00 bits per heavy atom. The molecule has 5 nitrogen and oxygen atoms in total. The van der Waals surface area contributed by atoms with Crippen molar-refractivity contribution in [1.82, 2.24) is 15.2 Å². The molecular formula is C22H22N4O. The highest BCUT2D eigenvalue weighted by atomic mass is 16.5. The third kappa shape index (κ3) is 4.15. The monoisotopic (exact) mass is 358 g/mol. The lowest BCUT2D eigenvalue weighted by Gasteiger charge is -2.09. The highest BCUT2D eigenvalue weighted by Crippen LogP contribution is 2.25. The van der Waals surface area contributed by atoms with Crippen molar-refractivity contribution in [2.75, 3.05) is 12.3 Å². The lowest BCUT2D eigenvalue weighted by Crippen LogP contribution is -2.02. The van der Waals surface area contributed by atoms with Crippen molar-refractivity contribution in [3.63, 3.8) is 0 Å². The molecule has 2 aromatic heterocycles. The number of hydrogen-bond donors (Lipinski definition) is 2. The van der Waals surface area contributed by atoms with Crippen molar-refractivity contribution >= 4 is 16.7 Å². The average molecular weight is 358 g/mol. The summed E-state index contributed by atoms with van der Waals surface area (Å²) >= 11 is 0. The van der Waals surface area contributed by atoms with Gasteiger partial charge in [0.05, 0.1) is 17.8 Å². The number of ether oxygens (including phenoxy) is 1. The highest BCUT2D eigenvalue weighted by molar-refractivity contribution is 5.85. The zero-order chi connectivity index (χ0) is 18.5. The summed E-state index contributed by atoms with van der Waals surface area (Å²) in [6.07, 6.45) is 3.57. The minimum Gasteiger partial charge on any atom is -0.383 e. The molecule has 2 heterocycles. The molecule has 0 spiro atoms. The summed E-state index contributed by atoms with van der Waals surface area (Å²) in [5, 5.41) is 8.14. The van der Waals surface area contributed by atoms with Gasteiger partial charge in [-0.1, -0.05) is 42.5 Å². The quantitative estimate of drug-likeness (QED) is 0.481. The van der Waals surface area contributed by atoms with Crippen molar-refractivity contribution in [1.29, 1.82) is 0 Å². The van der Waals surface area contributed by atoms with Crippen molar-refractivity contribution in [2.45, 2.75) is 19.4 Å². The maximum atomic E-state index is 6.19. The molecule has 0 aliphatic heterocycles. The summed E-state index contributed by atoms with van der Waals surface area (Å²) in [6, 6.07) is 20.4. The Bertz CT molecular complexity index is 1010. The summed E-state index contributed by atoms with van der Waals surface area (Å²) < 4.78 is 5.75.